The maximum Gasteiger partial charge on any atom is 0.415 e. The molecule has 0 aromatic heterocycles. The van der Waals surface area contributed by atoms with Crippen molar-refractivity contribution in [2.45, 2.75) is 32.9 Å². The molecule has 0 N–H and O–H groups in total. The van der Waals surface area contributed by atoms with Gasteiger partial charge in [0, 0.05) is 18.5 Å². The smallest absolute Gasteiger partial charge is 0.415 e. The molecule has 1 aliphatic heterocycles. The molecular weight excluding hydrogens is 388 g/mol. The number of benzene rings is 3. The molecule has 0 bridgehead atoms. The van der Waals surface area contributed by atoms with Crippen molar-refractivity contribution in [2.75, 3.05) is 36.1 Å². The average molecular weight is 419 g/mol. The summed E-state index contributed by atoms with van der Waals surface area (Å²) in [6.45, 7) is 9.05. The lowest BCUT2D eigenvalue weighted by molar-refractivity contribution is 0.0577. The molecule has 5 heteroatoms. The predicted molar refractivity (Wildman–Crippen MR) is 126 cm³/mol. The third kappa shape index (κ3) is 5.00. The summed E-state index contributed by atoms with van der Waals surface area (Å²) in [5, 5.41) is 2.28. The zero-order valence-electron chi connectivity index (χ0n) is 18.5. The van der Waals surface area contributed by atoms with Crippen molar-refractivity contribution in [3.63, 3.8) is 0 Å². The first-order chi connectivity index (χ1) is 14.9. The summed E-state index contributed by atoms with van der Waals surface area (Å²) in [5.74, 6) is 0. The van der Waals surface area contributed by atoms with Crippen LogP contribution >= 0.6 is 0 Å². The summed E-state index contributed by atoms with van der Waals surface area (Å²) in [7, 11) is 0. The first kappa shape index (κ1) is 21.2. The van der Waals surface area contributed by atoms with Gasteiger partial charge in [-0.25, -0.2) is 4.79 Å². The lowest BCUT2D eigenvalue weighted by atomic mass is 10.0. The normalized spacial score (nSPS) is 14.5. The van der Waals surface area contributed by atoms with Crippen molar-refractivity contribution in [3.05, 3.63) is 72.3 Å². The van der Waals surface area contributed by atoms with Crippen LogP contribution in [0.4, 0.5) is 16.2 Å². The fourth-order valence-electron chi connectivity index (χ4n) is 3.91. The van der Waals surface area contributed by atoms with Crippen LogP contribution in [0.1, 0.15) is 26.3 Å². The highest BCUT2D eigenvalue weighted by molar-refractivity contribution is 6.05. The highest BCUT2D eigenvalue weighted by Crippen LogP contribution is 2.38. The molecule has 4 rings (SSSR count). The molecule has 1 amide bonds. The van der Waals surface area contributed by atoms with E-state index in [0.717, 1.165) is 40.8 Å². The number of carbonyl (C=O) groups excluding carboxylic acids is 1. The van der Waals surface area contributed by atoms with Gasteiger partial charge in [-0.1, -0.05) is 60.7 Å². The van der Waals surface area contributed by atoms with Gasteiger partial charge in [0.25, 0.3) is 0 Å². The SMILES string of the molecule is CC(C)(C)OC(=O)N(Cc1ccccc1)c1ccc2ccccc2c1N1CCOCC1. The predicted octanol–water partition coefficient (Wildman–Crippen LogP) is 5.62. The molecule has 0 spiro atoms. The Morgan fingerprint density at radius 2 is 1.65 bits per heavy atom. The van der Waals surface area contributed by atoms with Crippen LogP contribution in [0.5, 0.6) is 0 Å². The van der Waals surface area contributed by atoms with Gasteiger partial charge in [0.05, 0.1) is 31.1 Å². The van der Waals surface area contributed by atoms with E-state index in [9.17, 15) is 4.79 Å². The Labute approximate surface area is 184 Å². The fraction of sp³-hybridized carbons (Fsp3) is 0.346. The molecule has 3 aromatic carbocycles. The number of amides is 1. The Morgan fingerprint density at radius 3 is 2.35 bits per heavy atom. The largest absolute Gasteiger partial charge is 0.443 e. The zero-order valence-corrected chi connectivity index (χ0v) is 18.5. The highest BCUT2D eigenvalue weighted by Gasteiger charge is 2.28. The van der Waals surface area contributed by atoms with Crippen molar-refractivity contribution < 1.29 is 14.3 Å². The number of ether oxygens (including phenoxy) is 2. The summed E-state index contributed by atoms with van der Waals surface area (Å²) >= 11 is 0. The Balaban J connectivity index is 1.84. The molecule has 1 saturated heterocycles. The van der Waals surface area contributed by atoms with E-state index in [-0.39, 0.29) is 6.09 Å². The molecule has 0 atom stereocenters. The third-order valence-electron chi connectivity index (χ3n) is 5.29. The number of morpholine rings is 1. The van der Waals surface area contributed by atoms with Crippen LogP contribution in [0.15, 0.2) is 66.7 Å². The average Bonchev–Trinajstić information content (AvgIpc) is 2.77. The number of nitrogens with zero attached hydrogens (tertiary/aromatic N) is 2. The van der Waals surface area contributed by atoms with Crippen LogP contribution < -0.4 is 9.80 Å². The van der Waals surface area contributed by atoms with Crippen LogP contribution in [0.3, 0.4) is 0 Å². The first-order valence-corrected chi connectivity index (χ1v) is 10.8. The van der Waals surface area contributed by atoms with Crippen LogP contribution in [0.2, 0.25) is 0 Å². The summed E-state index contributed by atoms with van der Waals surface area (Å²) in [5.41, 5.74) is 2.39. The van der Waals surface area contributed by atoms with E-state index in [1.54, 1.807) is 4.90 Å². The fourth-order valence-corrected chi connectivity index (χ4v) is 3.91. The topological polar surface area (TPSA) is 42.0 Å². The first-order valence-electron chi connectivity index (χ1n) is 10.8. The van der Waals surface area contributed by atoms with Crippen molar-refractivity contribution >= 4 is 28.2 Å². The van der Waals surface area contributed by atoms with Gasteiger partial charge in [0.1, 0.15) is 5.60 Å². The Bertz CT molecular complexity index is 1040. The van der Waals surface area contributed by atoms with E-state index < -0.39 is 5.60 Å². The number of hydrogen-bond donors (Lipinski definition) is 0. The molecular formula is C26H30N2O3. The van der Waals surface area contributed by atoms with Gasteiger partial charge in [-0.15, -0.1) is 0 Å². The van der Waals surface area contributed by atoms with Gasteiger partial charge in [0.2, 0.25) is 0 Å². The minimum atomic E-state index is -0.581. The molecule has 162 valence electrons. The Morgan fingerprint density at radius 1 is 0.968 bits per heavy atom. The number of anilines is 2. The molecule has 1 heterocycles. The number of rotatable bonds is 4. The van der Waals surface area contributed by atoms with Gasteiger partial charge >= 0.3 is 6.09 Å². The van der Waals surface area contributed by atoms with Crippen molar-refractivity contribution in [2.24, 2.45) is 0 Å². The molecule has 0 aliphatic carbocycles. The molecule has 3 aromatic rings. The minimum Gasteiger partial charge on any atom is -0.443 e. The summed E-state index contributed by atoms with van der Waals surface area (Å²) < 4.78 is 11.4. The van der Waals surface area contributed by atoms with Gasteiger partial charge in [-0.3, -0.25) is 4.90 Å². The Hall–Kier alpha value is -3.05. The van der Waals surface area contributed by atoms with E-state index in [1.807, 2.05) is 69.3 Å². The number of carbonyl (C=O) groups is 1. The quantitative estimate of drug-likeness (QED) is 0.552. The highest BCUT2D eigenvalue weighted by atomic mass is 16.6. The van der Waals surface area contributed by atoms with Crippen LogP contribution in [-0.4, -0.2) is 38.0 Å². The third-order valence-corrected chi connectivity index (χ3v) is 5.29. The zero-order chi connectivity index (χ0) is 21.8. The molecule has 0 radical (unpaired) electrons. The Kier molecular flexibility index (Phi) is 6.14. The lowest BCUT2D eigenvalue weighted by Crippen LogP contribution is -2.40. The van der Waals surface area contributed by atoms with Crippen LogP contribution in [0, 0.1) is 0 Å². The second-order valence-corrected chi connectivity index (χ2v) is 8.81. The second kappa shape index (κ2) is 8.98. The maximum absolute atomic E-state index is 13.4. The van der Waals surface area contributed by atoms with Crippen LogP contribution in [-0.2, 0) is 16.0 Å². The lowest BCUT2D eigenvalue weighted by Gasteiger charge is -2.35. The van der Waals surface area contributed by atoms with Gasteiger partial charge < -0.3 is 14.4 Å². The summed E-state index contributed by atoms with van der Waals surface area (Å²) in [4.78, 5) is 17.5. The van der Waals surface area contributed by atoms with E-state index in [2.05, 4.69) is 23.1 Å². The molecule has 0 unspecified atom stereocenters. The van der Waals surface area contributed by atoms with Crippen molar-refractivity contribution in [1.82, 2.24) is 0 Å². The van der Waals surface area contributed by atoms with E-state index in [1.165, 1.54) is 0 Å². The molecule has 31 heavy (non-hydrogen) atoms. The van der Waals surface area contributed by atoms with Gasteiger partial charge in [-0.2, -0.15) is 0 Å². The molecule has 0 saturated carbocycles. The monoisotopic (exact) mass is 418 g/mol. The van der Waals surface area contributed by atoms with E-state index in [4.69, 9.17) is 9.47 Å². The second-order valence-electron chi connectivity index (χ2n) is 8.81. The van der Waals surface area contributed by atoms with Crippen molar-refractivity contribution in [1.29, 1.82) is 0 Å². The van der Waals surface area contributed by atoms with Crippen LogP contribution in [0.25, 0.3) is 10.8 Å². The van der Waals surface area contributed by atoms with E-state index >= 15 is 0 Å². The molecule has 1 aliphatic rings. The number of hydrogen-bond acceptors (Lipinski definition) is 4. The standard InChI is InChI=1S/C26H30N2O3/c1-26(2,3)31-25(29)28(19-20-9-5-4-6-10-20)23-14-13-21-11-7-8-12-22(21)24(23)27-15-17-30-18-16-27/h4-14H,15-19H2,1-3H3. The molecule has 5 nitrogen and oxygen atoms in total. The van der Waals surface area contributed by atoms with Crippen molar-refractivity contribution in [3.8, 4) is 0 Å². The summed E-state index contributed by atoms with van der Waals surface area (Å²) in [6, 6.07) is 22.5. The van der Waals surface area contributed by atoms with Gasteiger partial charge in [0.15, 0.2) is 0 Å². The summed E-state index contributed by atoms with van der Waals surface area (Å²) in [6.07, 6.45) is -0.346. The van der Waals surface area contributed by atoms with E-state index in [0.29, 0.717) is 19.8 Å². The maximum atomic E-state index is 13.4. The number of fused-ring (bicyclic) bond motifs is 1. The van der Waals surface area contributed by atoms with Gasteiger partial charge in [-0.05, 0) is 37.8 Å². The minimum absolute atomic E-state index is 0.346. The molecule has 1 fully saturated rings.